The Balaban J connectivity index is 2.35. The van der Waals surface area contributed by atoms with Crippen LogP contribution in [0.25, 0.3) is 0 Å². The Kier molecular flexibility index (Phi) is 4.28. The number of hydrogen-bond donors (Lipinski definition) is 0. The predicted octanol–water partition coefficient (Wildman–Crippen LogP) is 3.01. The molecular weight excluding hydrogens is 269 g/mol. The summed E-state index contributed by atoms with van der Waals surface area (Å²) >= 11 is 0. The van der Waals surface area contributed by atoms with Crippen LogP contribution in [0.2, 0.25) is 0 Å². The highest BCUT2D eigenvalue weighted by Crippen LogP contribution is 2.26. The Labute approximate surface area is 114 Å². The van der Waals surface area contributed by atoms with E-state index in [1.54, 1.807) is 0 Å². The maximum Gasteiger partial charge on any atom is 0.260 e. The van der Waals surface area contributed by atoms with E-state index in [-0.39, 0.29) is 12.6 Å². The van der Waals surface area contributed by atoms with Gasteiger partial charge in [-0.25, -0.2) is 13.2 Å². The average molecular weight is 282 g/mol. The number of rotatable bonds is 3. The van der Waals surface area contributed by atoms with Gasteiger partial charge in [-0.2, -0.15) is 5.26 Å². The third kappa shape index (κ3) is 2.77. The van der Waals surface area contributed by atoms with Crippen molar-refractivity contribution >= 4 is 5.91 Å². The highest BCUT2D eigenvalue weighted by molar-refractivity contribution is 5.95. The van der Waals surface area contributed by atoms with E-state index in [1.807, 2.05) is 6.07 Å². The maximum absolute atomic E-state index is 13.6. The van der Waals surface area contributed by atoms with Crippen molar-refractivity contribution in [1.82, 2.24) is 4.90 Å². The van der Waals surface area contributed by atoms with E-state index in [0.29, 0.717) is 25.0 Å². The van der Waals surface area contributed by atoms with Crippen molar-refractivity contribution in [1.29, 1.82) is 5.26 Å². The highest BCUT2D eigenvalue weighted by atomic mass is 19.1. The molecule has 3 nitrogen and oxygen atoms in total. The molecule has 1 aromatic carbocycles. The smallest absolute Gasteiger partial charge is 0.260 e. The first kappa shape index (κ1) is 14.4. The molecule has 0 radical (unpaired) electrons. The van der Waals surface area contributed by atoms with Crippen molar-refractivity contribution in [2.24, 2.45) is 0 Å². The number of carbonyl (C=O) groups is 1. The number of carbonyl (C=O) groups excluding carboxylic acids is 1. The minimum Gasteiger partial charge on any atom is -0.322 e. The third-order valence-electron chi connectivity index (χ3n) is 3.49. The van der Waals surface area contributed by atoms with Gasteiger partial charge >= 0.3 is 0 Å². The molecule has 0 saturated heterocycles. The van der Waals surface area contributed by atoms with Crippen molar-refractivity contribution in [3.8, 4) is 6.07 Å². The molecule has 0 heterocycles. The Morgan fingerprint density at radius 3 is 2.30 bits per heavy atom. The zero-order chi connectivity index (χ0) is 14.7. The molecule has 1 saturated carbocycles. The van der Waals surface area contributed by atoms with Gasteiger partial charge in [0.05, 0.1) is 6.07 Å². The summed E-state index contributed by atoms with van der Waals surface area (Å²) in [6, 6.07) is 2.58. The number of nitrogens with zero attached hydrogens (tertiary/aromatic N) is 2. The first-order chi connectivity index (χ1) is 9.54. The van der Waals surface area contributed by atoms with Crippen LogP contribution in [0.5, 0.6) is 0 Å². The fourth-order valence-electron chi connectivity index (χ4n) is 2.55. The van der Waals surface area contributed by atoms with Crippen LogP contribution in [0.4, 0.5) is 13.2 Å². The molecule has 6 heteroatoms. The monoisotopic (exact) mass is 282 g/mol. The van der Waals surface area contributed by atoms with Gasteiger partial charge in [0.1, 0.15) is 29.6 Å². The molecule has 1 aliphatic rings. The van der Waals surface area contributed by atoms with Gasteiger partial charge in [0.2, 0.25) is 0 Å². The minimum absolute atomic E-state index is 0.189. The molecule has 0 aromatic heterocycles. The molecule has 2 rings (SSSR count). The van der Waals surface area contributed by atoms with Crippen molar-refractivity contribution in [3.05, 3.63) is 35.1 Å². The molecule has 0 aliphatic heterocycles. The summed E-state index contributed by atoms with van der Waals surface area (Å²) < 4.78 is 40.1. The Hall–Kier alpha value is -2.03. The van der Waals surface area contributed by atoms with Gasteiger partial charge in [-0.05, 0) is 12.8 Å². The summed E-state index contributed by atoms with van der Waals surface area (Å²) in [5.41, 5.74) is -0.798. The Bertz CT molecular complexity index is 539. The van der Waals surface area contributed by atoms with Crippen LogP contribution in [0.1, 0.15) is 36.0 Å². The van der Waals surface area contributed by atoms with Crippen LogP contribution in [0.3, 0.4) is 0 Å². The SMILES string of the molecule is N#CCN(C(=O)c1c(F)cc(F)cc1F)C1CCCC1. The molecule has 106 valence electrons. The van der Waals surface area contributed by atoms with E-state index >= 15 is 0 Å². The van der Waals surface area contributed by atoms with Crippen molar-refractivity contribution in [2.45, 2.75) is 31.7 Å². The van der Waals surface area contributed by atoms with Crippen LogP contribution in [0.15, 0.2) is 12.1 Å². The summed E-state index contributed by atoms with van der Waals surface area (Å²) in [5.74, 6) is -4.46. The molecule has 0 N–H and O–H groups in total. The first-order valence-electron chi connectivity index (χ1n) is 6.37. The lowest BCUT2D eigenvalue weighted by Gasteiger charge is -2.26. The summed E-state index contributed by atoms with van der Waals surface area (Å²) in [4.78, 5) is 13.4. The van der Waals surface area contributed by atoms with Crippen LogP contribution in [-0.4, -0.2) is 23.4 Å². The van der Waals surface area contributed by atoms with E-state index < -0.39 is 28.9 Å². The number of hydrogen-bond acceptors (Lipinski definition) is 2. The quantitative estimate of drug-likeness (QED) is 0.800. The molecule has 1 fully saturated rings. The number of nitriles is 1. The lowest BCUT2D eigenvalue weighted by Crippen LogP contribution is -2.40. The van der Waals surface area contributed by atoms with Crippen LogP contribution >= 0.6 is 0 Å². The van der Waals surface area contributed by atoms with E-state index in [0.717, 1.165) is 12.8 Å². The number of benzene rings is 1. The van der Waals surface area contributed by atoms with Gasteiger partial charge < -0.3 is 4.90 Å². The van der Waals surface area contributed by atoms with E-state index in [9.17, 15) is 18.0 Å². The normalized spacial score (nSPS) is 15.1. The lowest BCUT2D eigenvalue weighted by molar-refractivity contribution is 0.0699. The molecule has 0 spiro atoms. The Morgan fingerprint density at radius 2 is 1.80 bits per heavy atom. The summed E-state index contributed by atoms with van der Waals surface area (Å²) in [5, 5.41) is 8.78. The minimum atomic E-state index is -1.24. The van der Waals surface area contributed by atoms with Crippen LogP contribution in [-0.2, 0) is 0 Å². The van der Waals surface area contributed by atoms with Gasteiger partial charge in [0.25, 0.3) is 5.91 Å². The van der Waals surface area contributed by atoms with Gasteiger partial charge in [0, 0.05) is 18.2 Å². The fourth-order valence-corrected chi connectivity index (χ4v) is 2.55. The molecule has 0 unspecified atom stereocenters. The zero-order valence-corrected chi connectivity index (χ0v) is 10.7. The van der Waals surface area contributed by atoms with Crippen LogP contribution in [0, 0.1) is 28.8 Å². The van der Waals surface area contributed by atoms with Gasteiger partial charge in [-0.3, -0.25) is 4.79 Å². The Morgan fingerprint density at radius 1 is 1.25 bits per heavy atom. The molecule has 1 aliphatic carbocycles. The second-order valence-electron chi connectivity index (χ2n) is 4.77. The average Bonchev–Trinajstić information content (AvgIpc) is 2.87. The zero-order valence-electron chi connectivity index (χ0n) is 10.7. The van der Waals surface area contributed by atoms with E-state index in [4.69, 9.17) is 5.26 Å². The number of halogens is 3. The second kappa shape index (κ2) is 5.95. The number of amides is 1. The summed E-state index contributed by atoms with van der Waals surface area (Å²) in [7, 11) is 0. The molecule has 20 heavy (non-hydrogen) atoms. The van der Waals surface area contributed by atoms with Crippen molar-refractivity contribution in [2.75, 3.05) is 6.54 Å². The fraction of sp³-hybridized carbons (Fsp3) is 0.429. The van der Waals surface area contributed by atoms with Gasteiger partial charge in [0.15, 0.2) is 0 Å². The van der Waals surface area contributed by atoms with E-state index in [2.05, 4.69) is 0 Å². The second-order valence-corrected chi connectivity index (χ2v) is 4.77. The molecular formula is C14H13F3N2O. The van der Waals surface area contributed by atoms with Crippen molar-refractivity contribution in [3.63, 3.8) is 0 Å². The molecule has 0 atom stereocenters. The molecule has 0 bridgehead atoms. The highest BCUT2D eigenvalue weighted by Gasteiger charge is 2.30. The van der Waals surface area contributed by atoms with E-state index in [1.165, 1.54) is 4.90 Å². The summed E-state index contributed by atoms with van der Waals surface area (Å²) in [6.45, 7) is -0.236. The van der Waals surface area contributed by atoms with Gasteiger partial charge in [-0.15, -0.1) is 0 Å². The first-order valence-corrected chi connectivity index (χ1v) is 6.37. The van der Waals surface area contributed by atoms with Crippen molar-refractivity contribution < 1.29 is 18.0 Å². The molecule has 1 aromatic rings. The predicted molar refractivity (Wildman–Crippen MR) is 65.2 cm³/mol. The summed E-state index contributed by atoms with van der Waals surface area (Å²) in [6.07, 6.45) is 3.23. The standard InChI is InChI=1S/C14H13F3N2O/c15-9-7-11(16)13(12(17)8-9)14(20)19(6-5-18)10-3-1-2-4-10/h7-8,10H,1-4,6H2. The molecule has 1 amide bonds. The third-order valence-corrected chi connectivity index (χ3v) is 3.49. The largest absolute Gasteiger partial charge is 0.322 e. The topological polar surface area (TPSA) is 44.1 Å². The van der Waals surface area contributed by atoms with Gasteiger partial charge in [-0.1, -0.05) is 12.8 Å². The van der Waals surface area contributed by atoms with Crippen LogP contribution < -0.4 is 0 Å². The maximum atomic E-state index is 13.6. The lowest BCUT2D eigenvalue weighted by atomic mass is 10.1.